The van der Waals surface area contributed by atoms with Crippen LogP contribution in [0.5, 0.6) is 0 Å². The second-order valence-corrected chi connectivity index (χ2v) is 3.46. The van der Waals surface area contributed by atoms with Gasteiger partial charge in [-0.1, -0.05) is 18.2 Å². The van der Waals surface area contributed by atoms with Crippen LogP contribution in [0.25, 0.3) is 10.9 Å². The van der Waals surface area contributed by atoms with Crippen molar-refractivity contribution in [2.45, 2.75) is 6.92 Å². The Morgan fingerprint density at radius 2 is 2.18 bits per heavy atom. The molecular formula is C12H12N2O3. The van der Waals surface area contributed by atoms with Gasteiger partial charge in [-0.2, -0.15) is 0 Å². The number of H-pyrrole nitrogens is 1. The number of hydroxylamine groups is 1. The van der Waals surface area contributed by atoms with Crippen molar-refractivity contribution in [3.05, 3.63) is 46.2 Å². The molecule has 2 aromatic rings. The molecule has 0 unspecified atom stereocenters. The first-order chi connectivity index (χ1) is 8.22. The van der Waals surface area contributed by atoms with Crippen molar-refractivity contribution >= 4 is 16.8 Å². The van der Waals surface area contributed by atoms with Gasteiger partial charge in [-0.05, 0) is 13.0 Å². The molecule has 2 N–H and O–H groups in total. The highest BCUT2D eigenvalue weighted by Crippen LogP contribution is 2.14. The van der Waals surface area contributed by atoms with Crippen molar-refractivity contribution < 1.29 is 9.63 Å². The molecule has 5 heteroatoms. The molecule has 0 aliphatic carbocycles. The molecule has 0 aliphatic heterocycles. The number of rotatable bonds is 3. The molecule has 5 nitrogen and oxygen atoms in total. The van der Waals surface area contributed by atoms with Crippen molar-refractivity contribution in [3.63, 3.8) is 0 Å². The van der Waals surface area contributed by atoms with Crippen LogP contribution in [-0.2, 0) is 4.84 Å². The van der Waals surface area contributed by atoms with Crippen LogP contribution in [0, 0.1) is 0 Å². The number of pyridine rings is 1. The Kier molecular flexibility index (Phi) is 3.20. The third-order valence-electron chi connectivity index (χ3n) is 2.30. The number of amides is 1. The zero-order valence-corrected chi connectivity index (χ0v) is 9.32. The fourth-order valence-electron chi connectivity index (χ4n) is 1.59. The molecule has 17 heavy (non-hydrogen) atoms. The van der Waals surface area contributed by atoms with Gasteiger partial charge in [0.15, 0.2) is 0 Å². The van der Waals surface area contributed by atoms with E-state index in [1.807, 2.05) is 0 Å². The lowest BCUT2D eigenvalue weighted by atomic mass is 10.1. The van der Waals surface area contributed by atoms with E-state index in [4.69, 9.17) is 4.84 Å². The molecule has 0 saturated carbocycles. The fraction of sp³-hybridized carbons (Fsp3) is 0.167. The van der Waals surface area contributed by atoms with Gasteiger partial charge in [0.05, 0.1) is 12.2 Å². The van der Waals surface area contributed by atoms with Gasteiger partial charge in [0.25, 0.3) is 5.91 Å². The third-order valence-corrected chi connectivity index (χ3v) is 2.30. The number of para-hydroxylation sites is 1. The maximum Gasteiger partial charge on any atom is 0.275 e. The molecule has 1 aromatic carbocycles. The molecule has 0 atom stereocenters. The zero-order chi connectivity index (χ0) is 12.3. The Hall–Kier alpha value is -2.14. The summed E-state index contributed by atoms with van der Waals surface area (Å²) in [6, 6.07) is 8.37. The van der Waals surface area contributed by atoms with E-state index in [1.54, 1.807) is 31.2 Å². The Morgan fingerprint density at radius 3 is 2.94 bits per heavy atom. The standard InChI is InChI=1S/C12H12N2O3/c1-2-17-14-12(16)9-7-11(15)13-10-6-4-3-5-8(9)10/h3-7H,2H2,1H3,(H,13,15)(H,14,16). The SMILES string of the molecule is CCONC(=O)c1cc(=O)[nH]c2ccccc12. The van der Waals surface area contributed by atoms with E-state index < -0.39 is 5.91 Å². The van der Waals surface area contributed by atoms with Gasteiger partial charge < -0.3 is 4.98 Å². The largest absolute Gasteiger partial charge is 0.322 e. The van der Waals surface area contributed by atoms with Crippen molar-refractivity contribution in [3.8, 4) is 0 Å². The lowest BCUT2D eigenvalue weighted by molar-refractivity contribution is 0.0366. The Bertz CT molecular complexity index is 604. The number of carbonyl (C=O) groups is 1. The summed E-state index contributed by atoms with van der Waals surface area (Å²) in [4.78, 5) is 30.7. The molecular weight excluding hydrogens is 220 g/mol. The van der Waals surface area contributed by atoms with Crippen molar-refractivity contribution in [1.29, 1.82) is 0 Å². The second-order valence-electron chi connectivity index (χ2n) is 3.46. The summed E-state index contributed by atoms with van der Waals surface area (Å²) in [5, 5.41) is 0.685. The van der Waals surface area contributed by atoms with Crippen molar-refractivity contribution in [2.24, 2.45) is 0 Å². The van der Waals surface area contributed by atoms with Crippen LogP contribution in [0.2, 0.25) is 0 Å². The van der Waals surface area contributed by atoms with E-state index in [1.165, 1.54) is 6.07 Å². The molecule has 0 bridgehead atoms. The molecule has 1 heterocycles. The van der Waals surface area contributed by atoms with Crippen molar-refractivity contribution in [2.75, 3.05) is 6.61 Å². The number of hydrogen-bond donors (Lipinski definition) is 2. The zero-order valence-electron chi connectivity index (χ0n) is 9.32. The molecule has 88 valence electrons. The monoisotopic (exact) mass is 232 g/mol. The van der Waals surface area contributed by atoms with Gasteiger partial charge in [0.1, 0.15) is 0 Å². The van der Waals surface area contributed by atoms with Crippen LogP contribution in [0.3, 0.4) is 0 Å². The summed E-state index contributed by atoms with van der Waals surface area (Å²) < 4.78 is 0. The van der Waals surface area contributed by atoms with Gasteiger partial charge in [0, 0.05) is 17.0 Å². The minimum absolute atomic E-state index is 0.304. The highest BCUT2D eigenvalue weighted by Gasteiger charge is 2.10. The van der Waals surface area contributed by atoms with E-state index in [-0.39, 0.29) is 5.56 Å². The van der Waals surface area contributed by atoms with Crippen LogP contribution in [0.1, 0.15) is 17.3 Å². The lowest BCUT2D eigenvalue weighted by Crippen LogP contribution is -2.25. The van der Waals surface area contributed by atoms with Gasteiger partial charge in [0.2, 0.25) is 5.56 Å². The second kappa shape index (κ2) is 4.80. The molecule has 0 aliphatic rings. The first-order valence-corrected chi connectivity index (χ1v) is 5.26. The number of carbonyl (C=O) groups excluding carboxylic acids is 1. The summed E-state index contributed by atoms with van der Waals surface area (Å²) >= 11 is 0. The smallest absolute Gasteiger partial charge is 0.275 e. The van der Waals surface area contributed by atoms with Gasteiger partial charge in [-0.3, -0.25) is 14.4 Å². The maximum absolute atomic E-state index is 11.8. The minimum Gasteiger partial charge on any atom is -0.322 e. The number of nitrogens with one attached hydrogen (secondary N) is 2. The van der Waals surface area contributed by atoms with E-state index in [0.29, 0.717) is 23.1 Å². The Morgan fingerprint density at radius 1 is 1.41 bits per heavy atom. The Balaban J connectivity index is 2.52. The third kappa shape index (κ3) is 2.34. The summed E-state index contributed by atoms with van der Waals surface area (Å²) in [7, 11) is 0. The molecule has 0 spiro atoms. The molecule has 0 saturated heterocycles. The van der Waals surface area contributed by atoms with E-state index in [9.17, 15) is 9.59 Å². The summed E-state index contributed by atoms with van der Waals surface area (Å²) in [5.74, 6) is -0.422. The van der Waals surface area contributed by atoms with Gasteiger partial charge >= 0.3 is 0 Å². The molecule has 0 fully saturated rings. The number of aromatic amines is 1. The molecule has 0 radical (unpaired) electrons. The minimum atomic E-state index is -0.422. The number of hydrogen-bond acceptors (Lipinski definition) is 3. The summed E-state index contributed by atoms with van der Waals surface area (Å²) in [6.45, 7) is 2.13. The summed E-state index contributed by atoms with van der Waals surface area (Å²) in [6.07, 6.45) is 0. The normalized spacial score (nSPS) is 10.4. The first-order valence-electron chi connectivity index (χ1n) is 5.26. The molecule has 2 rings (SSSR count). The lowest BCUT2D eigenvalue weighted by Gasteiger charge is -2.06. The van der Waals surface area contributed by atoms with Gasteiger partial charge in [-0.15, -0.1) is 0 Å². The number of fused-ring (bicyclic) bond motifs is 1. The first kappa shape index (κ1) is 11.3. The average molecular weight is 232 g/mol. The predicted octanol–water partition coefficient (Wildman–Crippen LogP) is 1.21. The highest BCUT2D eigenvalue weighted by atomic mass is 16.6. The topological polar surface area (TPSA) is 71.2 Å². The van der Waals surface area contributed by atoms with Crippen LogP contribution >= 0.6 is 0 Å². The average Bonchev–Trinajstić information content (AvgIpc) is 2.34. The quantitative estimate of drug-likeness (QED) is 0.781. The van der Waals surface area contributed by atoms with Crippen LogP contribution < -0.4 is 11.0 Å². The van der Waals surface area contributed by atoms with Crippen LogP contribution in [0.4, 0.5) is 0 Å². The van der Waals surface area contributed by atoms with E-state index >= 15 is 0 Å². The van der Waals surface area contributed by atoms with Gasteiger partial charge in [-0.25, -0.2) is 5.48 Å². The number of aromatic nitrogens is 1. The highest BCUT2D eigenvalue weighted by molar-refractivity contribution is 6.05. The van der Waals surface area contributed by atoms with Crippen molar-refractivity contribution in [1.82, 2.24) is 10.5 Å². The van der Waals surface area contributed by atoms with E-state index in [0.717, 1.165) is 0 Å². The number of benzene rings is 1. The molecule has 1 amide bonds. The van der Waals surface area contributed by atoms with Crippen LogP contribution in [0.15, 0.2) is 35.1 Å². The van der Waals surface area contributed by atoms with Crippen LogP contribution in [-0.4, -0.2) is 17.5 Å². The Labute approximate surface area is 97.4 Å². The van der Waals surface area contributed by atoms with E-state index in [2.05, 4.69) is 10.5 Å². The summed E-state index contributed by atoms with van der Waals surface area (Å²) in [5.41, 5.74) is 2.89. The fourth-order valence-corrected chi connectivity index (χ4v) is 1.59. The maximum atomic E-state index is 11.8. The predicted molar refractivity (Wildman–Crippen MR) is 63.7 cm³/mol. The molecule has 1 aromatic heterocycles.